The number of hydrogen-bond donors (Lipinski definition) is 2. The molecule has 2 heterocycles. The van der Waals surface area contributed by atoms with E-state index in [4.69, 9.17) is 16.3 Å². The Labute approximate surface area is 179 Å². The normalized spacial score (nSPS) is 15.9. The molecule has 1 saturated heterocycles. The van der Waals surface area contributed by atoms with Gasteiger partial charge in [-0.2, -0.15) is 0 Å². The fraction of sp³-hybridized carbons (Fsp3) is 0.261. The van der Waals surface area contributed by atoms with Crippen molar-refractivity contribution in [2.75, 3.05) is 18.5 Å². The van der Waals surface area contributed by atoms with Crippen molar-refractivity contribution in [2.24, 2.45) is 0 Å². The molecule has 154 valence electrons. The van der Waals surface area contributed by atoms with Crippen LogP contribution in [0.4, 0.5) is 5.69 Å². The van der Waals surface area contributed by atoms with E-state index in [0.29, 0.717) is 34.1 Å². The van der Waals surface area contributed by atoms with Gasteiger partial charge in [-0.15, -0.1) is 0 Å². The van der Waals surface area contributed by atoms with Crippen molar-refractivity contribution in [3.8, 4) is 0 Å². The third-order valence-electron chi connectivity index (χ3n) is 5.15. The lowest BCUT2D eigenvalue weighted by molar-refractivity contribution is 0.0858. The summed E-state index contributed by atoms with van der Waals surface area (Å²) in [6.07, 6.45) is 2.01. The Morgan fingerprint density at radius 3 is 2.77 bits per heavy atom. The van der Waals surface area contributed by atoms with Gasteiger partial charge in [0.25, 0.3) is 11.8 Å². The van der Waals surface area contributed by atoms with Gasteiger partial charge >= 0.3 is 0 Å². The number of anilines is 1. The van der Waals surface area contributed by atoms with Crippen LogP contribution >= 0.6 is 11.6 Å². The molecule has 3 aromatic rings. The number of benzene rings is 2. The van der Waals surface area contributed by atoms with Crippen molar-refractivity contribution in [3.05, 3.63) is 70.4 Å². The van der Waals surface area contributed by atoms with Gasteiger partial charge < -0.3 is 15.4 Å². The quantitative estimate of drug-likeness (QED) is 0.639. The van der Waals surface area contributed by atoms with Gasteiger partial charge in [-0.3, -0.25) is 14.6 Å². The molecule has 1 unspecified atom stereocenters. The molecule has 0 radical (unpaired) electrons. The van der Waals surface area contributed by atoms with Gasteiger partial charge in [0.05, 0.1) is 34.1 Å². The molecule has 1 aliphatic rings. The fourth-order valence-corrected chi connectivity index (χ4v) is 3.72. The number of nitrogens with zero attached hydrogens (tertiary/aromatic N) is 1. The maximum atomic E-state index is 13.0. The van der Waals surface area contributed by atoms with Crippen LogP contribution in [0.3, 0.4) is 0 Å². The molecule has 0 aliphatic carbocycles. The minimum atomic E-state index is -0.323. The molecular formula is C23H22ClN3O3. The van der Waals surface area contributed by atoms with Crippen molar-refractivity contribution in [1.82, 2.24) is 10.3 Å². The molecule has 6 nitrogen and oxygen atoms in total. The summed E-state index contributed by atoms with van der Waals surface area (Å²) in [5.41, 5.74) is 2.61. The van der Waals surface area contributed by atoms with E-state index in [1.165, 1.54) is 0 Å². The number of amides is 2. The zero-order chi connectivity index (χ0) is 21.1. The van der Waals surface area contributed by atoms with Crippen molar-refractivity contribution < 1.29 is 14.3 Å². The number of para-hydroxylation sites is 1. The minimum Gasteiger partial charge on any atom is -0.376 e. The van der Waals surface area contributed by atoms with Crippen LogP contribution in [-0.2, 0) is 4.74 Å². The van der Waals surface area contributed by atoms with E-state index in [-0.39, 0.29) is 17.9 Å². The van der Waals surface area contributed by atoms with Crippen LogP contribution in [-0.4, -0.2) is 36.1 Å². The number of ether oxygens (including phenoxy) is 1. The second kappa shape index (κ2) is 8.81. The summed E-state index contributed by atoms with van der Waals surface area (Å²) in [6.45, 7) is 2.96. The lowest BCUT2D eigenvalue weighted by atomic mass is 10.1. The smallest absolute Gasteiger partial charge is 0.257 e. The number of halogens is 1. The summed E-state index contributed by atoms with van der Waals surface area (Å²) in [5, 5.41) is 7.16. The number of aryl methyl sites for hydroxylation is 1. The molecule has 0 bridgehead atoms. The highest BCUT2D eigenvalue weighted by Gasteiger charge is 2.19. The van der Waals surface area contributed by atoms with Crippen LogP contribution < -0.4 is 10.6 Å². The highest BCUT2D eigenvalue weighted by atomic mass is 35.5. The summed E-state index contributed by atoms with van der Waals surface area (Å²) in [5.74, 6) is -0.569. The van der Waals surface area contributed by atoms with Crippen molar-refractivity contribution in [3.63, 3.8) is 0 Å². The van der Waals surface area contributed by atoms with Crippen LogP contribution in [0.25, 0.3) is 10.9 Å². The summed E-state index contributed by atoms with van der Waals surface area (Å²) in [7, 11) is 0. The molecule has 4 rings (SSSR count). The van der Waals surface area contributed by atoms with Crippen LogP contribution in [0.2, 0.25) is 5.02 Å². The molecule has 2 N–H and O–H groups in total. The number of pyridine rings is 1. The van der Waals surface area contributed by atoms with Crippen molar-refractivity contribution in [1.29, 1.82) is 0 Å². The molecule has 1 aliphatic heterocycles. The number of nitrogens with one attached hydrogen (secondary N) is 2. The van der Waals surface area contributed by atoms with E-state index < -0.39 is 0 Å². The third-order valence-corrected chi connectivity index (χ3v) is 5.38. The summed E-state index contributed by atoms with van der Waals surface area (Å²) >= 11 is 6.03. The standard InChI is InChI=1S/C23H22ClN3O3/c1-14-19(11-15-8-9-16(24)12-21(15)26-14)23(29)27-20-7-3-2-6-18(20)22(28)25-13-17-5-4-10-30-17/h2-3,6-9,11-12,17H,4-5,10,13H2,1H3,(H,25,28)(H,27,29). The molecule has 1 atom stereocenters. The first kappa shape index (κ1) is 20.3. The molecular weight excluding hydrogens is 402 g/mol. The van der Waals surface area contributed by atoms with E-state index >= 15 is 0 Å². The highest BCUT2D eigenvalue weighted by molar-refractivity contribution is 6.31. The van der Waals surface area contributed by atoms with Gasteiger partial charge in [-0.1, -0.05) is 29.8 Å². The van der Waals surface area contributed by atoms with Crippen LogP contribution in [0, 0.1) is 6.92 Å². The number of rotatable bonds is 5. The average molecular weight is 424 g/mol. The highest BCUT2D eigenvalue weighted by Crippen LogP contribution is 2.22. The summed E-state index contributed by atoms with van der Waals surface area (Å²) in [6, 6.07) is 14.1. The second-order valence-corrected chi connectivity index (χ2v) is 7.74. The Balaban J connectivity index is 1.53. The van der Waals surface area contributed by atoms with Crippen LogP contribution in [0.15, 0.2) is 48.5 Å². The monoisotopic (exact) mass is 423 g/mol. The molecule has 7 heteroatoms. The zero-order valence-corrected chi connectivity index (χ0v) is 17.3. The van der Waals surface area contributed by atoms with E-state index in [1.807, 2.05) is 6.07 Å². The number of carbonyl (C=O) groups excluding carboxylic acids is 2. The average Bonchev–Trinajstić information content (AvgIpc) is 3.25. The maximum Gasteiger partial charge on any atom is 0.257 e. The number of carbonyl (C=O) groups is 2. The summed E-state index contributed by atoms with van der Waals surface area (Å²) < 4.78 is 5.55. The molecule has 30 heavy (non-hydrogen) atoms. The van der Waals surface area contributed by atoms with E-state index in [1.54, 1.807) is 49.4 Å². The largest absolute Gasteiger partial charge is 0.376 e. The number of aromatic nitrogens is 1. The summed E-state index contributed by atoms with van der Waals surface area (Å²) in [4.78, 5) is 30.1. The Hall–Kier alpha value is -2.96. The Kier molecular flexibility index (Phi) is 5.97. The minimum absolute atomic E-state index is 0.0514. The molecule has 1 fully saturated rings. The van der Waals surface area contributed by atoms with Gasteiger partial charge in [0, 0.05) is 23.6 Å². The Bertz CT molecular complexity index is 1110. The van der Waals surface area contributed by atoms with Gasteiger partial charge in [-0.25, -0.2) is 0 Å². The van der Waals surface area contributed by atoms with Crippen LogP contribution in [0.1, 0.15) is 39.3 Å². The Morgan fingerprint density at radius 2 is 1.97 bits per heavy atom. The fourth-order valence-electron chi connectivity index (χ4n) is 3.55. The topological polar surface area (TPSA) is 80.3 Å². The number of hydrogen-bond acceptors (Lipinski definition) is 4. The molecule has 2 aromatic carbocycles. The lowest BCUT2D eigenvalue weighted by Gasteiger charge is -2.14. The molecule has 0 spiro atoms. The second-order valence-electron chi connectivity index (χ2n) is 7.30. The lowest BCUT2D eigenvalue weighted by Crippen LogP contribution is -2.32. The van der Waals surface area contributed by atoms with Gasteiger partial charge in [0.15, 0.2) is 0 Å². The Morgan fingerprint density at radius 1 is 1.13 bits per heavy atom. The van der Waals surface area contributed by atoms with E-state index in [0.717, 1.165) is 30.4 Å². The first-order chi connectivity index (χ1) is 14.5. The SMILES string of the molecule is Cc1nc2cc(Cl)ccc2cc1C(=O)Nc1ccccc1C(=O)NCC1CCCO1. The molecule has 2 amide bonds. The first-order valence-corrected chi connectivity index (χ1v) is 10.3. The van der Waals surface area contributed by atoms with Gasteiger partial charge in [0.2, 0.25) is 0 Å². The predicted molar refractivity (Wildman–Crippen MR) is 117 cm³/mol. The number of fused-ring (bicyclic) bond motifs is 1. The van der Waals surface area contributed by atoms with Crippen molar-refractivity contribution >= 4 is 40.0 Å². The zero-order valence-electron chi connectivity index (χ0n) is 16.6. The van der Waals surface area contributed by atoms with E-state index in [2.05, 4.69) is 15.6 Å². The van der Waals surface area contributed by atoms with Crippen molar-refractivity contribution in [2.45, 2.75) is 25.9 Å². The maximum absolute atomic E-state index is 13.0. The van der Waals surface area contributed by atoms with Crippen LogP contribution in [0.5, 0.6) is 0 Å². The van der Waals surface area contributed by atoms with E-state index in [9.17, 15) is 9.59 Å². The third kappa shape index (κ3) is 4.45. The first-order valence-electron chi connectivity index (χ1n) is 9.88. The molecule has 1 aromatic heterocycles. The predicted octanol–water partition coefficient (Wildman–Crippen LogP) is 4.36. The molecule has 0 saturated carbocycles. The van der Waals surface area contributed by atoms with Gasteiger partial charge in [-0.05, 0) is 50.1 Å². The van der Waals surface area contributed by atoms with Gasteiger partial charge in [0.1, 0.15) is 0 Å².